The second-order valence-corrected chi connectivity index (χ2v) is 1.86. The molecule has 0 saturated heterocycles. The lowest BCUT2D eigenvalue weighted by Gasteiger charge is -2.05. The van der Waals surface area contributed by atoms with Crippen molar-refractivity contribution in [2.75, 3.05) is 0 Å². The molecule has 0 unspecified atom stereocenters. The molecule has 13 heavy (non-hydrogen) atoms. The maximum absolute atomic E-state index is 10.1. The van der Waals surface area contributed by atoms with Gasteiger partial charge >= 0.3 is 5.79 Å². The molecule has 1 radical (unpaired) electrons. The molecular formula is C4H4N3O6. The first kappa shape index (κ1) is 10.9. The standard InChI is InChI=1S/C4H4N3O6/c1-2-3-4(5(8)9,6(10)11)7(12)13/h2-3H,1H2. The third-order valence-corrected chi connectivity index (χ3v) is 1.15. The predicted octanol–water partition coefficient (Wildman–Crippen LogP) is -0.139. The summed E-state index contributed by atoms with van der Waals surface area (Å²) in [6.45, 7) is 2.92. The molecule has 0 aliphatic carbocycles. The highest BCUT2D eigenvalue weighted by Gasteiger charge is 2.69. The lowest BCUT2D eigenvalue weighted by molar-refractivity contribution is -0.958. The van der Waals surface area contributed by atoms with Gasteiger partial charge in [-0.15, -0.1) is 6.58 Å². The van der Waals surface area contributed by atoms with Crippen LogP contribution in [0.3, 0.4) is 0 Å². The van der Waals surface area contributed by atoms with Crippen molar-refractivity contribution in [2.24, 2.45) is 0 Å². The fraction of sp³-hybridized carbons (Fsp3) is 0.250. The van der Waals surface area contributed by atoms with E-state index in [1.165, 1.54) is 0 Å². The molecular weight excluding hydrogens is 186 g/mol. The molecule has 0 aromatic rings. The van der Waals surface area contributed by atoms with Gasteiger partial charge in [0.15, 0.2) is 14.8 Å². The maximum Gasteiger partial charge on any atom is 0.707 e. The van der Waals surface area contributed by atoms with Crippen LogP contribution in [0.2, 0.25) is 0 Å². The van der Waals surface area contributed by atoms with Gasteiger partial charge in [0.25, 0.3) is 0 Å². The molecule has 0 amide bonds. The van der Waals surface area contributed by atoms with Gasteiger partial charge in [-0.3, -0.25) is 30.3 Å². The lowest BCUT2D eigenvalue weighted by atomic mass is 10.2. The van der Waals surface area contributed by atoms with E-state index in [0.29, 0.717) is 6.08 Å². The molecule has 0 aliphatic heterocycles. The van der Waals surface area contributed by atoms with Crippen molar-refractivity contribution in [3.63, 3.8) is 0 Å². The molecule has 9 heteroatoms. The van der Waals surface area contributed by atoms with E-state index in [1.54, 1.807) is 0 Å². The Bertz CT molecular complexity index is 237. The normalized spacial score (nSPS) is 10.5. The van der Waals surface area contributed by atoms with Crippen molar-refractivity contribution in [1.29, 1.82) is 0 Å². The summed E-state index contributed by atoms with van der Waals surface area (Å²) in [6, 6.07) is 0. The zero-order valence-electron chi connectivity index (χ0n) is 6.15. The summed E-state index contributed by atoms with van der Waals surface area (Å²) in [7, 11) is 0. The van der Waals surface area contributed by atoms with Gasteiger partial charge in [0.1, 0.15) is 0 Å². The number of nitrogens with zero attached hydrogens (tertiary/aromatic N) is 3. The van der Waals surface area contributed by atoms with Gasteiger partial charge in [-0.2, -0.15) is 0 Å². The Kier molecular flexibility index (Phi) is 3.00. The van der Waals surface area contributed by atoms with Crippen LogP contribution in [0.25, 0.3) is 0 Å². The average Bonchev–Trinajstić information content (AvgIpc) is 1.97. The maximum atomic E-state index is 10.1. The van der Waals surface area contributed by atoms with Crippen LogP contribution in [0.15, 0.2) is 12.7 Å². The summed E-state index contributed by atoms with van der Waals surface area (Å²) in [5, 5.41) is 30.4. The van der Waals surface area contributed by atoms with Gasteiger partial charge in [-0.1, -0.05) is 6.08 Å². The van der Waals surface area contributed by atoms with Crippen molar-refractivity contribution in [1.82, 2.24) is 0 Å². The summed E-state index contributed by atoms with van der Waals surface area (Å²) in [5.41, 5.74) is 0. The Labute approximate surface area is 71.1 Å². The van der Waals surface area contributed by atoms with E-state index in [9.17, 15) is 30.3 Å². The van der Waals surface area contributed by atoms with Gasteiger partial charge in [0.2, 0.25) is 6.42 Å². The molecule has 0 heterocycles. The largest absolute Gasteiger partial charge is 0.707 e. The monoisotopic (exact) mass is 190 g/mol. The van der Waals surface area contributed by atoms with E-state index in [2.05, 4.69) is 6.58 Å². The molecule has 0 N–H and O–H groups in total. The highest BCUT2D eigenvalue weighted by molar-refractivity contribution is 4.92. The van der Waals surface area contributed by atoms with Gasteiger partial charge < -0.3 is 0 Å². The highest BCUT2D eigenvalue weighted by atomic mass is 16.7. The molecule has 9 nitrogen and oxygen atoms in total. The summed E-state index contributed by atoms with van der Waals surface area (Å²) < 4.78 is 0. The van der Waals surface area contributed by atoms with Crippen molar-refractivity contribution in [3.05, 3.63) is 49.4 Å². The smallest absolute Gasteiger partial charge is 0.253 e. The van der Waals surface area contributed by atoms with Crippen LogP contribution in [0, 0.1) is 36.8 Å². The molecule has 0 aliphatic rings. The number of nitro groups is 3. The van der Waals surface area contributed by atoms with E-state index in [4.69, 9.17) is 0 Å². The Morgan fingerprint density at radius 2 is 1.31 bits per heavy atom. The topological polar surface area (TPSA) is 129 Å². The quantitative estimate of drug-likeness (QED) is 0.337. The van der Waals surface area contributed by atoms with Crippen molar-refractivity contribution < 1.29 is 14.8 Å². The van der Waals surface area contributed by atoms with E-state index < -0.39 is 20.6 Å². The molecule has 0 fully saturated rings. The summed E-state index contributed by atoms with van der Waals surface area (Å²) in [5.74, 6) is -3.53. The van der Waals surface area contributed by atoms with Crippen molar-refractivity contribution >= 4 is 0 Å². The van der Waals surface area contributed by atoms with E-state index in [-0.39, 0.29) is 6.42 Å². The Hall–Kier alpha value is -2.06. The second-order valence-electron chi connectivity index (χ2n) is 1.86. The fourth-order valence-electron chi connectivity index (χ4n) is 0.541. The molecule has 0 aromatic heterocycles. The van der Waals surface area contributed by atoms with E-state index >= 15 is 0 Å². The third-order valence-electron chi connectivity index (χ3n) is 1.15. The van der Waals surface area contributed by atoms with Gasteiger partial charge in [0, 0.05) is 0 Å². The first-order chi connectivity index (χ1) is 5.89. The van der Waals surface area contributed by atoms with Crippen LogP contribution in [0.5, 0.6) is 0 Å². The zero-order valence-corrected chi connectivity index (χ0v) is 6.15. The molecule has 0 bridgehead atoms. The van der Waals surface area contributed by atoms with Crippen LogP contribution >= 0.6 is 0 Å². The fourth-order valence-corrected chi connectivity index (χ4v) is 0.541. The first-order valence-electron chi connectivity index (χ1n) is 2.80. The van der Waals surface area contributed by atoms with Crippen molar-refractivity contribution in [2.45, 2.75) is 5.79 Å². The van der Waals surface area contributed by atoms with E-state index in [1.807, 2.05) is 0 Å². The van der Waals surface area contributed by atoms with Gasteiger partial charge in [-0.25, -0.2) is 0 Å². The summed E-state index contributed by atoms with van der Waals surface area (Å²) in [6.07, 6.45) is 0.835. The minimum Gasteiger partial charge on any atom is -0.253 e. The Morgan fingerprint density at radius 1 is 1.00 bits per heavy atom. The van der Waals surface area contributed by atoms with Gasteiger partial charge in [-0.05, 0) is 0 Å². The minimum absolute atomic E-state index is 0.201. The zero-order chi connectivity index (χ0) is 10.6. The number of hydrogen-bond acceptors (Lipinski definition) is 6. The average molecular weight is 190 g/mol. The highest BCUT2D eigenvalue weighted by Crippen LogP contribution is 2.16. The number of hydrogen-bond donors (Lipinski definition) is 0. The summed E-state index contributed by atoms with van der Waals surface area (Å²) >= 11 is 0. The molecule has 0 atom stereocenters. The van der Waals surface area contributed by atoms with Crippen LogP contribution in [0.4, 0.5) is 0 Å². The number of rotatable bonds is 5. The third kappa shape index (κ3) is 1.58. The van der Waals surface area contributed by atoms with Gasteiger partial charge in [0.05, 0.1) is 0 Å². The molecule has 0 aromatic carbocycles. The Balaban J connectivity index is 5.29. The van der Waals surface area contributed by atoms with E-state index in [0.717, 1.165) is 0 Å². The van der Waals surface area contributed by atoms with Crippen LogP contribution in [-0.2, 0) is 0 Å². The SMILES string of the molecule is C=C[CH]C([N+](=O)[O-])([N+](=O)[O-])[N+](=O)[O-]. The summed E-state index contributed by atoms with van der Waals surface area (Å²) in [4.78, 5) is 25.6. The molecule has 71 valence electrons. The predicted molar refractivity (Wildman–Crippen MR) is 38.2 cm³/mol. The van der Waals surface area contributed by atoms with Crippen LogP contribution in [0.1, 0.15) is 0 Å². The molecule has 0 saturated carbocycles. The first-order valence-corrected chi connectivity index (χ1v) is 2.80. The molecule has 0 spiro atoms. The minimum atomic E-state index is -3.53. The van der Waals surface area contributed by atoms with Crippen LogP contribution < -0.4 is 0 Å². The van der Waals surface area contributed by atoms with Crippen LogP contribution in [-0.4, -0.2) is 20.6 Å². The molecule has 0 rings (SSSR count). The van der Waals surface area contributed by atoms with Crippen molar-refractivity contribution in [3.8, 4) is 0 Å². The second kappa shape index (κ2) is 3.56. The lowest BCUT2D eigenvalue weighted by Crippen LogP contribution is -2.53. The Morgan fingerprint density at radius 3 is 1.38 bits per heavy atom.